The van der Waals surface area contributed by atoms with E-state index < -0.39 is 5.97 Å². The van der Waals surface area contributed by atoms with Crippen molar-refractivity contribution in [1.82, 2.24) is 0 Å². The highest BCUT2D eigenvalue weighted by molar-refractivity contribution is 5.94. The Morgan fingerprint density at radius 3 is 2.08 bits per heavy atom. The lowest BCUT2D eigenvalue weighted by Gasteiger charge is -2.28. The van der Waals surface area contributed by atoms with Crippen molar-refractivity contribution in [2.75, 3.05) is 0 Å². The smallest absolute Gasteiger partial charge is 0.347 e. The summed E-state index contributed by atoms with van der Waals surface area (Å²) in [5, 5.41) is 9.91. The zero-order valence-electron chi connectivity index (χ0n) is 16.2. The Labute approximate surface area is 150 Å². The Kier molecular flexibility index (Phi) is 4.99. The number of phenols is 1. The third-order valence-corrected chi connectivity index (χ3v) is 4.27. The molecule has 0 saturated carbocycles. The molecule has 25 heavy (non-hydrogen) atoms. The largest absolute Gasteiger partial charge is 0.507 e. The van der Waals surface area contributed by atoms with Gasteiger partial charge in [0.15, 0.2) is 0 Å². The number of hydrogen-bond acceptors (Lipinski definition) is 3. The van der Waals surface area contributed by atoms with Crippen LogP contribution in [0.25, 0.3) is 0 Å². The second-order valence-electron chi connectivity index (χ2n) is 8.58. The molecular formula is C22H28O3. The molecule has 0 heterocycles. The van der Waals surface area contributed by atoms with Crippen LogP contribution in [0.4, 0.5) is 0 Å². The number of esters is 1. The van der Waals surface area contributed by atoms with Gasteiger partial charge in [0.05, 0.1) is 0 Å². The van der Waals surface area contributed by atoms with E-state index in [1.807, 2.05) is 6.92 Å². The Bertz CT molecular complexity index is 790. The van der Waals surface area contributed by atoms with Crippen molar-refractivity contribution >= 4 is 5.97 Å². The number of rotatable bonds is 2. The van der Waals surface area contributed by atoms with E-state index >= 15 is 0 Å². The minimum absolute atomic E-state index is 0.00496. The van der Waals surface area contributed by atoms with Crippen molar-refractivity contribution in [2.24, 2.45) is 0 Å². The van der Waals surface area contributed by atoms with Crippen LogP contribution in [0.5, 0.6) is 11.5 Å². The van der Waals surface area contributed by atoms with E-state index in [9.17, 15) is 9.90 Å². The molecule has 0 saturated heterocycles. The Balaban J connectivity index is 2.54. The quantitative estimate of drug-likeness (QED) is 0.579. The van der Waals surface area contributed by atoms with Crippen molar-refractivity contribution in [3.8, 4) is 11.5 Å². The zero-order valence-corrected chi connectivity index (χ0v) is 16.2. The zero-order chi connectivity index (χ0) is 19.0. The van der Waals surface area contributed by atoms with Gasteiger partial charge in [0.2, 0.25) is 0 Å². The summed E-state index contributed by atoms with van der Waals surface area (Å²) < 4.78 is 5.74. The first-order chi connectivity index (χ1) is 11.4. The summed E-state index contributed by atoms with van der Waals surface area (Å²) in [5.41, 5.74) is 3.10. The average Bonchev–Trinajstić information content (AvgIpc) is 2.47. The van der Waals surface area contributed by atoms with Crippen molar-refractivity contribution in [1.29, 1.82) is 0 Å². The van der Waals surface area contributed by atoms with Gasteiger partial charge in [-0.05, 0) is 41.0 Å². The third-order valence-electron chi connectivity index (χ3n) is 4.27. The van der Waals surface area contributed by atoms with Crippen LogP contribution < -0.4 is 4.74 Å². The van der Waals surface area contributed by atoms with Gasteiger partial charge in [0.1, 0.15) is 17.1 Å². The van der Waals surface area contributed by atoms with Crippen LogP contribution in [0.2, 0.25) is 0 Å². The molecule has 3 heteroatoms. The fourth-order valence-corrected chi connectivity index (χ4v) is 2.69. The molecule has 2 aromatic rings. The molecule has 0 amide bonds. The number of hydrogen-bond donors (Lipinski definition) is 1. The summed E-state index contributed by atoms with van der Waals surface area (Å²) in [6.45, 7) is 14.8. The summed E-state index contributed by atoms with van der Waals surface area (Å²) >= 11 is 0. The summed E-state index contributed by atoms with van der Waals surface area (Å²) in [5.74, 6) is -0.0438. The van der Waals surface area contributed by atoms with E-state index in [2.05, 4.69) is 53.7 Å². The van der Waals surface area contributed by atoms with Crippen molar-refractivity contribution in [3.05, 3.63) is 58.7 Å². The third kappa shape index (κ3) is 4.22. The topological polar surface area (TPSA) is 46.5 Å². The molecule has 0 aromatic heterocycles. The predicted molar refractivity (Wildman–Crippen MR) is 102 cm³/mol. The SMILES string of the molecule is Cc1cc(C(C)(C)C)cc(C(C)(C)C)c1OC(=O)c1ccccc1O. The number of ether oxygens (including phenoxy) is 1. The lowest BCUT2D eigenvalue weighted by molar-refractivity contribution is 0.0727. The van der Waals surface area contributed by atoms with E-state index in [0.29, 0.717) is 5.75 Å². The molecule has 3 nitrogen and oxygen atoms in total. The molecule has 0 spiro atoms. The number of para-hydroxylation sites is 1. The molecule has 0 radical (unpaired) electrons. The number of aromatic hydroxyl groups is 1. The van der Waals surface area contributed by atoms with E-state index in [1.54, 1.807) is 18.2 Å². The fraction of sp³-hybridized carbons (Fsp3) is 0.409. The molecule has 0 bridgehead atoms. The second kappa shape index (κ2) is 6.55. The van der Waals surface area contributed by atoms with Crippen molar-refractivity contribution in [3.63, 3.8) is 0 Å². The predicted octanol–water partition coefficient (Wildman–Crippen LogP) is 5.51. The summed E-state index contributed by atoms with van der Waals surface area (Å²) in [4.78, 5) is 12.6. The number of aryl methyl sites for hydroxylation is 1. The van der Waals surface area contributed by atoms with E-state index in [4.69, 9.17) is 4.74 Å². The number of carbonyl (C=O) groups excluding carboxylic acids is 1. The molecular weight excluding hydrogens is 312 g/mol. The molecule has 2 rings (SSSR count). The molecule has 1 N–H and O–H groups in total. The van der Waals surface area contributed by atoms with Gasteiger partial charge in [0, 0.05) is 5.56 Å². The first-order valence-corrected chi connectivity index (χ1v) is 8.57. The van der Waals surface area contributed by atoms with Crippen LogP contribution in [0.1, 0.15) is 68.6 Å². The maximum absolute atomic E-state index is 12.6. The summed E-state index contributed by atoms with van der Waals surface area (Å²) in [6, 6.07) is 10.6. The molecule has 0 aliphatic heterocycles. The number of benzene rings is 2. The molecule has 0 atom stereocenters. The Hall–Kier alpha value is -2.29. The maximum Gasteiger partial charge on any atom is 0.347 e. The normalized spacial score (nSPS) is 12.1. The number of phenolic OH excluding ortho intramolecular Hbond substituents is 1. The van der Waals surface area contributed by atoms with E-state index in [-0.39, 0.29) is 22.1 Å². The highest BCUT2D eigenvalue weighted by Crippen LogP contribution is 2.38. The fourth-order valence-electron chi connectivity index (χ4n) is 2.69. The lowest BCUT2D eigenvalue weighted by Crippen LogP contribution is -2.20. The Morgan fingerprint density at radius 1 is 0.960 bits per heavy atom. The van der Waals surface area contributed by atoms with E-state index in [0.717, 1.165) is 11.1 Å². The van der Waals surface area contributed by atoms with Gasteiger partial charge in [-0.15, -0.1) is 0 Å². The minimum Gasteiger partial charge on any atom is -0.507 e. The minimum atomic E-state index is -0.546. The van der Waals surface area contributed by atoms with Crippen LogP contribution in [-0.2, 0) is 10.8 Å². The van der Waals surface area contributed by atoms with Gasteiger partial charge in [-0.25, -0.2) is 4.79 Å². The van der Waals surface area contributed by atoms with Crippen LogP contribution in [-0.4, -0.2) is 11.1 Å². The first kappa shape index (κ1) is 19.0. The molecule has 0 unspecified atom stereocenters. The highest BCUT2D eigenvalue weighted by atomic mass is 16.5. The maximum atomic E-state index is 12.6. The van der Waals surface area contributed by atoms with Gasteiger partial charge in [-0.3, -0.25) is 0 Å². The van der Waals surface area contributed by atoms with Crippen molar-refractivity contribution < 1.29 is 14.6 Å². The van der Waals surface area contributed by atoms with Crippen molar-refractivity contribution in [2.45, 2.75) is 59.3 Å². The van der Waals surface area contributed by atoms with Gasteiger partial charge in [0.25, 0.3) is 0 Å². The summed E-state index contributed by atoms with van der Waals surface area (Å²) in [7, 11) is 0. The van der Waals surface area contributed by atoms with Gasteiger partial charge in [-0.1, -0.05) is 65.8 Å². The van der Waals surface area contributed by atoms with Crippen LogP contribution in [0.3, 0.4) is 0 Å². The monoisotopic (exact) mass is 340 g/mol. The second-order valence-corrected chi connectivity index (χ2v) is 8.58. The first-order valence-electron chi connectivity index (χ1n) is 8.57. The molecule has 0 aliphatic carbocycles. The highest BCUT2D eigenvalue weighted by Gasteiger charge is 2.26. The molecule has 0 fully saturated rings. The number of carbonyl (C=O) groups is 1. The molecule has 0 aliphatic rings. The van der Waals surface area contributed by atoms with Crippen LogP contribution >= 0.6 is 0 Å². The Morgan fingerprint density at radius 2 is 1.56 bits per heavy atom. The lowest BCUT2D eigenvalue weighted by atomic mass is 9.79. The average molecular weight is 340 g/mol. The standard InChI is InChI=1S/C22H28O3/c1-14-12-15(21(2,3)4)13-17(22(5,6)7)19(14)25-20(24)16-10-8-9-11-18(16)23/h8-13,23H,1-7H3. The van der Waals surface area contributed by atoms with Crippen LogP contribution in [0.15, 0.2) is 36.4 Å². The molecule has 134 valence electrons. The van der Waals surface area contributed by atoms with Crippen LogP contribution in [0, 0.1) is 6.92 Å². The van der Waals surface area contributed by atoms with E-state index in [1.165, 1.54) is 11.6 Å². The van der Waals surface area contributed by atoms with Gasteiger partial charge >= 0.3 is 5.97 Å². The van der Waals surface area contributed by atoms with Gasteiger partial charge in [-0.2, -0.15) is 0 Å². The summed E-state index contributed by atoms with van der Waals surface area (Å²) in [6.07, 6.45) is 0. The molecule has 2 aromatic carbocycles. The van der Waals surface area contributed by atoms with Gasteiger partial charge < -0.3 is 9.84 Å².